The molecule has 0 heterocycles. The predicted molar refractivity (Wildman–Crippen MR) is 56.8 cm³/mol. The third-order valence-corrected chi connectivity index (χ3v) is 2.10. The Morgan fingerprint density at radius 3 is 2.87 bits per heavy atom. The summed E-state index contributed by atoms with van der Waals surface area (Å²) in [4.78, 5) is 12.4. The van der Waals surface area contributed by atoms with Gasteiger partial charge in [-0.25, -0.2) is 4.39 Å². The molecule has 0 unspecified atom stereocenters. The Hall–Kier alpha value is -1.42. The topological polar surface area (TPSA) is 46.3 Å². The predicted octanol–water partition coefficient (Wildman–Crippen LogP) is 0.785. The average Bonchev–Trinajstić information content (AvgIpc) is 2.14. The van der Waals surface area contributed by atoms with Crippen LogP contribution in [0.2, 0.25) is 0 Å². The first-order valence-electron chi connectivity index (χ1n) is 4.79. The first-order chi connectivity index (χ1) is 7.08. The normalized spacial score (nSPS) is 10.6. The van der Waals surface area contributed by atoms with Crippen molar-refractivity contribution in [3.8, 4) is 0 Å². The fraction of sp³-hybridized carbons (Fsp3) is 0.364. The van der Waals surface area contributed by atoms with E-state index < -0.39 is 0 Å². The summed E-state index contributed by atoms with van der Waals surface area (Å²) < 4.78 is 12.8. The van der Waals surface area contributed by atoms with Crippen LogP contribution in [0, 0.1) is 5.82 Å². The van der Waals surface area contributed by atoms with Crippen LogP contribution in [-0.2, 0) is 11.2 Å². The first kappa shape index (κ1) is 11.7. The van der Waals surface area contributed by atoms with E-state index in [2.05, 4.69) is 0 Å². The minimum Gasteiger partial charge on any atom is -0.369 e. The van der Waals surface area contributed by atoms with Gasteiger partial charge >= 0.3 is 0 Å². The molecular weight excluding hydrogens is 195 g/mol. The van der Waals surface area contributed by atoms with Crippen LogP contribution >= 0.6 is 0 Å². The molecule has 0 fully saturated rings. The van der Waals surface area contributed by atoms with Gasteiger partial charge in [-0.1, -0.05) is 12.1 Å². The molecule has 0 bridgehead atoms. The van der Waals surface area contributed by atoms with E-state index in [0.29, 0.717) is 13.0 Å². The quantitative estimate of drug-likeness (QED) is 0.780. The molecule has 0 aromatic heterocycles. The second kappa shape index (κ2) is 5.46. The molecule has 0 radical (unpaired) electrons. The Morgan fingerprint density at radius 2 is 2.27 bits per heavy atom. The first-order valence-corrected chi connectivity index (χ1v) is 4.79. The molecule has 15 heavy (non-hydrogen) atoms. The highest BCUT2D eigenvalue weighted by Gasteiger charge is 2.02. The molecule has 0 saturated carbocycles. The monoisotopic (exact) mass is 210 g/mol. The zero-order valence-corrected chi connectivity index (χ0v) is 8.74. The number of benzene rings is 1. The van der Waals surface area contributed by atoms with Gasteiger partial charge in [-0.2, -0.15) is 0 Å². The summed E-state index contributed by atoms with van der Waals surface area (Å²) in [6, 6.07) is 6.45. The SMILES string of the molecule is CN(CCc1cccc(F)c1)CC(N)=O. The highest BCUT2D eigenvalue weighted by molar-refractivity contribution is 5.75. The molecule has 0 aliphatic heterocycles. The number of amides is 1. The summed E-state index contributed by atoms with van der Waals surface area (Å²) in [5, 5.41) is 0. The number of rotatable bonds is 5. The molecule has 3 nitrogen and oxygen atoms in total. The lowest BCUT2D eigenvalue weighted by molar-refractivity contribution is -0.118. The third-order valence-electron chi connectivity index (χ3n) is 2.10. The molecular formula is C11H15FN2O. The van der Waals surface area contributed by atoms with Crippen molar-refractivity contribution in [3.05, 3.63) is 35.6 Å². The van der Waals surface area contributed by atoms with Crippen molar-refractivity contribution in [1.82, 2.24) is 4.90 Å². The van der Waals surface area contributed by atoms with E-state index in [4.69, 9.17) is 5.73 Å². The maximum atomic E-state index is 12.8. The van der Waals surface area contributed by atoms with Gasteiger partial charge in [-0.05, 0) is 31.2 Å². The Labute approximate surface area is 88.7 Å². The van der Waals surface area contributed by atoms with Crippen LogP contribution in [0.15, 0.2) is 24.3 Å². The Kier molecular flexibility index (Phi) is 4.24. The molecule has 1 aromatic carbocycles. The van der Waals surface area contributed by atoms with Crippen molar-refractivity contribution in [2.75, 3.05) is 20.1 Å². The van der Waals surface area contributed by atoms with Crippen molar-refractivity contribution in [1.29, 1.82) is 0 Å². The number of likely N-dealkylation sites (N-methyl/N-ethyl adjacent to an activating group) is 1. The molecule has 82 valence electrons. The molecule has 0 atom stereocenters. The lowest BCUT2D eigenvalue weighted by atomic mass is 10.1. The van der Waals surface area contributed by atoms with Crippen molar-refractivity contribution in [2.24, 2.45) is 5.73 Å². The largest absolute Gasteiger partial charge is 0.369 e. The summed E-state index contributed by atoms with van der Waals surface area (Å²) >= 11 is 0. The van der Waals surface area contributed by atoms with Gasteiger partial charge in [0.25, 0.3) is 0 Å². The Balaban J connectivity index is 2.40. The smallest absolute Gasteiger partial charge is 0.231 e. The van der Waals surface area contributed by atoms with E-state index in [1.165, 1.54) is 12.1 Å². The van der Waals surface area contributed by atoms with Crippen LogP contribution < -0.4 is 5.73 Å². The van der Waals surface area contributed by atoms with Crippen LogP contribution in [0.1, 0.15) is 5.56 Å². The standard InChI is InChI=1S/C11H15FN2O/c1-14(8-11(13)15)6-5-9-3-2-4-10(12)7-9/h2-4,7H,5-6,8H2,1H3,(H2,13,15). The number of hydrogen-bond donors (Lipinski definition) is 1. The minimum atomic E-state index is -0.350. The van der Waals surface area contributed by atoms with Crippen molar-refractivity contribution in [2.45, 2.75) is 6.42 Å². The van der Waals surface area contributed by atoms with Crippen molar-refractivity contribution < 1.29 is 9.18 Å². The number of carbonyl (C=O) groups excluding carboxylic acids is 1. The van der Waals surface area contributed by atoms with E-state index in [1.807, 2.05) is 18.0 Å². The van der Waals surface area contributed by atoms with Gasteiger partial charge in [0.1, 0.15) is 5.82 Å². The number of primary amides is 1. The molecule has 0 aliphatic carbocycles. The molecule has 0 aliphatic rings. The summed E-state index contributed by atoms with van der Waals surface area (Å²) in [6.45, 7) is 0.918. The number of halogens is 1. The van der Waals surface area contributed by atoms with Crippen molar-refractivity contribution in [3.63, 3.8) is 0 Å². The molecule has 4 heteroatoms. The third kappa shape index (κ3) is 4.56. The molecule has 1 rings (SSSR count). The van der Waals surface area contributed by atoms with Gasteiger partial charge in [-0.15, -0.1) is 0 Å². The zero-order valence-electron chi connectivity index (χ0n) is 8.74. The van der Waals surface area contributed by atoms with Gasteiger partial charge in [0.05, 0.1) is 6.54 Å². The summed E-state index contributed by atoms with van der Waals surface area (Å²) in [5.74, 6) is -0.582. The van der Waals surface area contributed by atoms with E-state index >= 15 is 0 Å². The Bertz CT molecular complexity index is 341. The number of nitrogens with zero attached hydrogens (tertiary/aromatic N) is 1. The van der Waals surface area contributed by atoms with E-state index in [9.17, 15) is 9.18 Å². The lowest BCUT2D eigenvalue weighted by Crippen LogP contribution is -2.32. The fourth-order valence-electron chi connectivity index (χ4n) is 1.36. The second-order valence-electron chi connectivity index (χ2n) is 3.58. The molecule has 0 saturated heterocycles. The minimum absolute atomic E-state index is 0.231. The summed E-state index contributed by atoms with van der Waals surface area (Å²) in [5.41, 5.74) is 5.97. The summed E-state index contributed by atoms with van der Waals surface area (Å²) in [7, 11) is 1.81. The second-order valence-corrected chi connectivity index (χ2v) is 3.58. The number of carbonyl (C=O) groups is 1. The molecule has 1 aromatic rings. The van der Waals surface area contributed by atoms with Crippen LogP contribution in [0.5, 0.6) is 0 Å². The van der Waals surface area contributed by atoms with Gasteiger partial charge in [0, 0.05) is 6.54 Å². The van der Waals surface area contributed by atoms with Crippen molar-refractivity contribution >= 4 is 5.91 Å². The van der Waals surface area contributed by atoms with Crippen LogP contribution in [-0.4, -0.2) is 30.9 Å². The average molecular weight is 210 g/mol. The number of nitrogens with two attached hydrogens (primary N) is 1. The summed E-state index contributed by atoms with van der Waals surface area (Å²) in [6.07, 6.45) is 0.710. The van der Waals surface area contributed by atoms with Gasteiger partial charge in [0.15, 0.2) is 0 Å². The van der Waals surface area contributed by atoms with E-state index in [0.717, 1.165) is 5.56 Å². The highest BCUT2D eigenvalue weighted by Crippen LogP contribution is 2.04. The van der Waals surface area contributed by atoms with E-state index in [-0.39, 0.29) is 18.3 Å². The van der Waals surface area contributed by atoms with Crippen LogP contribution in [0.3, 0.4) is 0 Å². The highest BCUT2D eigenvalue weighted by atomic mass is 19.1. The van der Waals surface area contributed by atoms with Gasteiger partial charge < -0.3 is 5.73 Å². The van der Waals surface area contributed by atoms with E-state index in [1.54, 1.807) is 6.07 Å². The molecule has 0 spiro atoms. The van der Waals surface area contributed by atoms with Gasteiger partial charge in [0.2, 0.25) is 5.91 Å². The molecule has 2 N–H and O–H groups in total. The Morgan fingerprint density at radius 1 is 1.53 bits per heavy atom. The van der Waals surface area contributed by atoms with Crippen LogP contribution in [0.25, 0.3) is 0 Å². The number of hydrogen-bond acceptors (Lipinski definition) is 2. The fourth-order valence-corrected chi connectivity index (χ4v) is 1.36. The zero-order chi connectivity index (χ0) is 11.3. The molecule has 1 amide bonds. The lowest BCUT2D eigenvalue weighted by Gasteiger charge is -2.13. The van der Waals surface area contributed by atoms with Crippen LogP contribution in [0.4, 0.5) is 4.39 Å². The maximum absolute atomic E-state index is 12.8. The maximum Gasteiger partial charge on any atom is 0.231 e. The van der Waals surface area contributed by atoms with Gasteiger partial charge in [-0.3, -0.25) is 9.69 Å².